The van der Waals surface area contributed by atoms with E-state index in [9.17, 15) is 4.79 Å². The van der Waals surface area contributed by atoms with E-state index in [1.807, 2.05) is 50.2 Å². The van der Waals surface area contributed by atoms with Crippen molar-refractivity contribution in [2.75, 3.05) is 13.3 Å². The molecule has 1 atom stereocenters. The third-order valence-electron chi connectivity index (χ3n) is 5.51. The van der Waals surface area contributed by atoms with E-state index in [2.05, 4.69) is 15.5 Å². The minimum absolute atomic E-state index is 0.173. The van der Waals surface area contributed by atoms with Crippen LogP contribution in [-0.4, -0.2) is 34.4 Å². The zero-order chi connectivity index (χ0) is 22.2. The Morgan fingerprint density at radius 2 is 2.03 bits per heavy atom. The molecule has 2 amide bonds. The van der Waals surface area contributed by atoms with Gasteiger partial charge in [0.25, 0.3) is 5.89 Å². The molecule has 32 heavy (non-hydrogen) atoms. The van der Waals surface area contributed by atoms with Gasteiger partial charge >= 0.3 is 6.03 Å². The van der Waals surface area contributed by atoms with Gasteiger partial charge in [-0.1, -0.05) is 35.8 Å². The molecular weight excluding hydrogens is 432 g/mol. The molecule has 2 aliphatic rings. The Labute approximate surface area is 189 Å². The Morgan fingerprint density at radius 1 is 1.19 bits per heavy atom. The number of fused-ring (bicyclic) bond motifs is 1. The average molecular weight is 453 g/mol. The smallest absolute Gasteiger partial charge is 0.322 e. The van der Waals surface area contributed by atoms with E-state index in [0.717, 1.165) is 28.8 Å². The molecule has 1 aromatic heterocycles. The van der Waals surface area contributed by atoms with E-state index < -0.39 is 6.04 Å². The summed E-state index contributed by atoms with van der Waals surface area (Å²) < 4.78 is 16.5. The summed E-state index contributed by atoms with van der Waals surface area (Å²) in [5.41, 5.74) is 3.08. The van der Waals surface area contributed by atoms with Crippen molar-refractivity contribution in [2.45, 2.75) is 26.3 Å². The molecule has 1 unspecified atom stereocenters. The first-order chi connectivity index (χ1) is 15.5. The highest BCUT2D eigenvalue weighted by atomic mass is 35.5. The van der Waals surface area contributed by atoms with Gasteiger partial charge in [-0.15, -0.1) is 0 Å². The van der Waals surface area contributed by atoms with Gasteiger partial charge in [-0.25, -0.2) is 4.79 Å². The van der Waals surface area contributed by atoms with Crippen molar-refractivity contribution in [1.29, 1.82) is 0 Å². The number of rotatable bonds is 5. The molecule has 0 bridgehead atoms. The van der Waals surface area contributed by atoms with Crippen LogP contribution < -0.4 is 14.8 Å². The van der Waals surface area contributed by atoms with E-state index in [1.165, 1.54) is 0 Å². The van der Waals surface area contributed by atoms with Crippen LogP contribution in [0.5, 0.6) is 11.5 Å². The number of benzene rings is 2. The topological polar surface area (TPSA) is 89.7 Å². The monoisotopic (exact) mass is 452 g/mol. The molecule has 5 rings (SSSR count). The maximum absolute atomic E-state index is 12.8. The molecule has 8 nitrogen and oxygen atoms in total. The third kappa shape index (κ3) is 3.56. The van der Waals surface area contributed by atoms with Gasteiger partial charge in [-0.05, 0) is 49.2 Å². The Bertz CT molecular complexity index is 1220. The maximum atomic E-state index is 12.8. The highest BCUT2D eigenvalue weighted by molar-refractivity contribution is 6.30. The van der Waals surface area contributed by atoms with E-state index in [0.29, 0.717) is 34.8 Å². The summed E-state index contributed by atoms with van der Waals surface area (Å²) in [6.45, 7) is 4.68. The fourth-order valence-corrected chi connectivity index (χ4v) is 4.17. The van der Waals surface area contributed by atoms with E-state index in [4.69, 9.17) is 25.6 Å². The zero-order valence-corrected chi connectivity index (χ0v) is 18.3. The molecule has 2 aliphatic heterocycles. The second-order valence-corrected chi connectivity index (χ2v) is 8.02. The van der Waals surface area contributed by atoms with Gasteiger partial charge in [0.05, 0.1) is 11.6 Å². The van der Waals surface area contributed by atoms with Crippen LogP contribution in [0.1, 0.15) is 37.8 Å². The number of hydrogen-bond donors (Lipinski definition) is 1. The second-order valence-electron chi connectivity index (χ2n) is 7.58. The van der Waals surface area contributed by atoms with E-state index in [-0.39, 0.29) is 12.8 Å². The SMILES string of the molecule is CCCN1C(=O)NC(c2cccc(Cl)c2)C(c2nc(-c3ccc4c(c3)OCO4)no2)=C1C. The fraction of sp³-hybridized carbons (Fsp3) is 0.261. The quantitative estimate of drug-likeness (QED) is 0.584. The van der Waals surface area contributed by atoms with Crippen molar-refractivity contribution < 1.29 is 18.8 Å². The van der Waals surface area contributed by atoms with Crippen molar-refractivity contribution >= 4 is 23.2 Å². The predicted molar refractivity (Wildman–Crippen MR) is 118 cm³/mol. The summed E-state index contributed by atoms with van der Waals surface area (Å²) in [6.07, 6.45) is 0.812. The van der Waals surface area contributed by atoms with Crippen LogP contribution in [0.3, 0.4) is 0 Å². The van der Waals surface area contributed by atoms with Gasteiger partial charge in [-0.3, -0.25) is 4.90 Å². The molecule has 0 saturated carbocycles. The van der Waals surface area contributed by atoms with E-state index in [1.54, 1.807) is 11.0 Å². The van der Waals surface area contributed by atoms with Crippen LogP contribution >= 0.6 is 11.6 Å². The fourth-order valence-electron chi connectivity index (χ4n) is 3.97. The summed E-state index contributed by atoms with van der Waals surface area (Å²) in [5.74, 6) is 2.07. The molecule has 0 spiro atoms. The summed E-state index contributed by atoms with van der Waals surface area (Å²) in [7, 11) is 0. The average Bonchev–Trinajstić information content (AvgIpc) is 3.45. The number of carbonyl (C=O) groups is 1. The highest BCUT2D eigenvalue weighted by Crippen LogP contribution is 2.39. The van der Waals surface area contributed by atoms with Crippen molar-refractivity contribution in [1.82, 2.24) is 20.4 Å². The first-order valence-electron chi connectivity index (χ1n) is 10.3. The summed E-state index contributed by atoms with van der Waals surface area (Å²) in [5, 5.41) is 7.83. The Hall–Kier alpha value is -3.52. The number of amides is 2. The Kier molecular flexibility index (Phi) is 5.22. The molecular formula is C23H21ClN4O4. The molecule has 164 valence electrons. The lowest BCUT2D eigenvalue weighted by molar-refractivity contribution is 0.174. The van der Waals surface area contributed by atoms with Crippen LogP contribution in [0, 0.1) is 0 Å². The highest BCUT2D eigenvalue weighted by Gasteiger charge is 2.35. The van der Waals surface area contributed by atoms with Gasteiger partial charge in [0.15, 0.2) is 11.5 Å². The molecule has 0 saturated heterocycles. The van der Waals surface area contributed by atoms with Crippen LogP contribution in [-0.2, 0) is 0 Å². The van der Waals surface area contributed by atoms with Gasteiger partial charge in [-0.2, -0.15) is 4.98 Å². The number of ether oxygens (including phenoxy) is 2. The largest absolute Gasteiger partial charge is 0.454 e. The number of allylic oxidation sites excluding steroid dienone is 1. The van der Waals surface area contributed by atoms with Crippen LogP contribution in [0.25, 0.3) is 17.0 Å². The maximum Gasteiger partial charge on any atom is 0.322 e. The molecule has 1 N–H and O–H groups in total. The number of urea groups is 1. The number of nitrogens with zero attached hydrogens (tertiary/aromatic N) is 3. The van der Waals surface area contributed by atoms with E-state index >= 15 is 0 Å². The van der Waals surface area contributed by atoms with Gasteiger partial charge in [0, 0.05) is 22.8 Å². The third-order valence-corrected chi connectivity index (χ3v) is 5.75. The normalized spacial score (nSPS) is 17.7. The standard InChI is InChI=1S/C23H21ClN4O4/c1-3-9-28-13(2)19(20(25-23(28)29)14-5-4-6-16(24)10-14)22-26-21(27-32-22)15-7-8-17-18(11-15)31-12-30-17/h4-8,10-11,20H,3,9,12H2,1-2H3,(H,25,29). The second kappa shape index (κ2) is 8.20. The van der Waals surface area contributed by atoms with Crippen LogP contribution in [0.15, 0.2) is 52.7 Å². The molecule has 0 aliphatic carbocycles. The van der Waals surface area contributed by atoms with Gasteiger partial charge in [0.1, 0.15) is 0 Å². The number of halogens is 1. The first-order valence-corrected chi connectivity index (χ1v) is 10.7. The van der Waals surface area contributed by atoms with Gasteiger partial charge < -0.3 is 19.3 Å². The minimum atomic E-state index is -0.473. The zero-order valence-electron chi connectivity index (χ0n) is 17.6. The first kappa shape index (κ1) is 20.4. The predicted octanol–water partition coefficient (Wildman–Crippen LogP) is 5.03. The molecule has 0 fully saturated rings. The van der Waals surface area contributed by atoms with Gasteiger partial charge in [0.2, 0.25) is 12.6 Å². The Balaban J connectivity index is 1.58. The van der Waals surface area contributed by atoms with Crippen LogP contribution in [0.2, 0.25) is 5.02 Å². The lowest BCUT2D eigenvalue weighted by Gasteiger charge is -2.35. The van der Waals surface area contributed by atoms with Crippen LogP contribution in [0.4, 0.5) is 4.79 Å². The Morgan fingerprint density at radius 3 is 2.84 bits per heavy atom. The number of nitrogens with one attached hydrogen (secondary N) is 1. The van der Waals surface area contributed by atoms with Crippen molar-refractivity contribution in [3.8, 4) is 22.9 Å². The van der Waals surface area contributed by atoms with Crippen molar-refractivity contribution in [3.63, 3.8) is 0 Å². The van der Waals surface area contributed by atoms with Crippen molar-refractivity contribution in [2.24, 2.45) is 0 Å². The number of carbonyl (C=O) groups excluding carboxylic acids is 1. The molecule has 9 heteroatoms. The number of aromatic nitrogens is 2. The lowest BCUT2D eigenvalue weighted by Crippen LogP contribution is -2.46. The molecule has 2 aromatic carbocycles. The summed E-state index contributed by atoms with van der Waals surface area (Å²) >= 11 is 6.23. The summed E-state index contributed by atoms with van der Waals surface area (Å²) in [4.78, 5) is 19.2. The molecule has 3 aromatic rings. The molecule has 0 radical (unpaired) electrons. The lowest BCUT2D eigenvalue weighted by atomic mass is 9.94. The molecule has 3 heterocycles. The minimum Gasteiger partial charge on any atom is -0.454 e. The summed E-state index contributed by atoms with van der Waals surface area (Å²) in [6, 6.07) is 12.2. The number of hydrogen-bond acceptors (Lipinski definition) is 6. The van der Waals surface area contributed by atoms with Crippen molar-refractivity contribution in [3.05, 3.63) is 64.6 Å².